The standard InChI is InChI=1S/C27H35N3O2S3/c1-5-14-33-26-29-24(23-20-15-27(4,6-2)32-16-21(20)35-25(23)30-26)34-17-22(31)28-18(3)12-13-19-10-8-7-9-11-19/h7-11,18H,5-6,12-17H2,1-4H3,(H,28,31)/t18-,27+/m0/s1. The smallest absolute Gasteiger partial charge is 0.230 e. The van der Waals surface area contributed by atoms with E-state index in [1.807, 2.05) is 6.07 Å². The van der Waals surface area contributed by atoms with Crippen LogP contribution in [-0.4, -0.2) is 39.0 Å². The molecular weight excluding hydrogens is 495 g/mol. The van der Waals surface area contributed by atoms with Crippen molar-refractivity contribution in [2.45, 2.75) is 88.2 Å². The van der Waals surface area contributed by atoms with Crippen molar-refractivity contribution in [3.63, 3.8) is 0 Å². The number of carbonyl (C=O) groups excluding carboxylic acids is 1. The molecule has 3 heterocycles. The van der Waals surface area contributed by atoms with Gasteiger partial charge in [0, 0.05) is 28.5 Å². The summed E-state index contributed by atoms with van der Waals surface area (Å²) in [7, 11) is 0. The maximum absolute atomic E-state index is 12.8. The molecule has 3 aromatic rings. The Morgan fingerprint density at radius 2 is 2.03 bits per heavy atom. The van der Waals surface area contributed by atoms with Crippen molar-refractivity contribution >= 4 is 51.0 Å². The number of hydrogen-bond acceptors (Lipinski definition) is 7. The lowest BCUT2D eigenvalue weighted by Crippen LogP contribution is -2.34. The predicted octanol–water partition coefficient (Wildman–Crippen LogP) is 6.66. The monoisotopic (exact) mass is 529 g/mol. The molecule has 5 nitrogen and oxygen atoms in total. The number of thiophene rings is 1. The average molecular weight is 530 g/mol. The third kappa shape index (κ3) is 6.79. The van der Waals surface area contributed by atoms with E-state index in [1.54, 1.807) is 23.1 Å². The predicted molar refractivity (Wildman–Crippen MR) is 149 cm³/mol. The number of carbonyl (C=O) groups is 1. The zero-order valence-corrected chi connectivity index (χ0v) is 23.5. The highest BCUT2D eigenvalue weighted by Gasteiger charge is 2.33. The second-order valence-electron chi connectivity index (χ2n) is 9.39. The van der Waals surface area contributed by atoms with Gasteiger partial charge in [0.1, 0.15) is 9.86 Å². The number of nitrogens with zero attached hydrogens (tertiary/aromatic N) is 2. The molecule has 2 aromatic heterocycles. The molecule has 0 aliphatic carbocycles. The minimum Gasteiger partial charge on any atom is -0.369 e. The fraction of sp³-hybridized carbons (Fsp3) is 0.519. The van der Waals surface area contributed by atoms with E-state index in [9.17, 15) is 4.79 Å². The van der Waals surface area contributed by atoms with Gasteiger partial charge in [-0.05, 0) is 50.7 Å². The average Bonchev–Trinajstić information content (AvgIpc) is 3.22. The SMILES string of the molecule is CCCSc1nc(SCC(=O)N[C@@H](C)CCc2ccccc2)c2c3c(sc2n1)CO[C@](C)(CC)C3. The van der Waals surface area contributed by atoms with E-state index in [2.05, 4.69) is 57.3 Å². The summed E-state index contributed by atoms with van der Waals surface area (Å²) in [6.07, 6.45) is 4.77. The first-order chi connectivity index (χ1) is 16.9. The van der Waals surface area contributed by atoms with Gasteiger partial charge in [-0.2, -0.15) is 0 Å². The number of fused-ring (bicyclic) bond motifs is 3. The molecule has 0 unspecified atom stereocenters. The fourth-order valence-electron chi connectivity index (χ4n) is 4.16. The summed E-state index contributed by atoms with van der Waals surface area (Å²) >= 11 is 4.94. The van der Waals surface area contributed by atoms with Crippen LogP contribution in [0.2, 0.25) is 0 Å². The van der Waals surface area contributed by atoms with E-state index in [1.165, 1.54) is 27.8 Å². The Hall–Kier alpha value is -1.61. The first-order valence-electron chi connectivity index (χ1n) is 12.5. The van der Waals surface area contributed by atoms with Gasteiger partial charge in [-0.15, -0.1) is 11.3 Å². The maximum Gasteiger partial charge on any atom is 0.230 e. The quantitative estimate of drug-likeness (QED) is 0.170. The van der Waals surface area contributed by atoms with Crippen molar-refractivity contribution in [2.75, 3.05) is 11.5 Å². The second-order valence-corrected chi connectivity index (χ2v) is 12.5. The van der Waals surface area contributed by atoms with Crippen molar-refractivity contribution in [3.05, 3.63) is 46.3 Å². The van der Waals surface area contributed by atoms with Crippen molar-refractivity contribution in [3.8, 4) is 0 Å². The zero-order valence-electron chi connectivity index (χ0n) is 21.1. The van der Waals surface area contributed by atoms with Gasteiger partial charge >= 0.3 is 0 Å². The summed E-state index contributed by atoms with van der Waals surface area (Å²) in [5, 5.41) is 6.03. The van der Waals surface area contributed by atoms with Gasteiger partial charge in [0.25, 0.3) is 0 Å². The van der Waals surface area contributed by atoms with Crippen molar-refractivity contribution in [1.82, 2.24) is 15.3 Å². The van der Waals surface area contributed by atoms with Crippen molar-refractivity contribution in [1.29, 1.82) is 0 Å². The number of aryl methyl sites for hydroxylation is 1. The summed E-state index contributed by atoms with van der Waals surface area (Å²) in [4.78, 5) is 24.9. The molecule has 8 heteroatoms. The fourth-order valence-corrected chi connectivity index (χ4v) is 7.01. The molecule has 188 valence electrons. The minimum absolute atomic E-state index is 0.0518. The van der Waals surface area contributed by atoms with Crippen molar-refractivity contribution < 1.29 is 9.53 Å². The lowest BCUT2D eigenvalue weighted by atomic mass is 9.90. The van der Waals surface area contributed by atoms with Crippen LogP contribution in [0, 0.1) is 0 Å². The molecule has 1 amide bonds. The summed E-state index contributed by atoms with van der Waals surface area (Å²) < 4.78 is 6.19. The number of ether oxygens (including phenoxy) is 1. The van der Waals surface area contributed by atoms with Crippen LogP contribution in [0.1, 0.15) is 63.0 Å². The van der Waals surface area contributed by atoms with E-state index < -0.39 is 0 Å². The Bertz CT molecular complexity index is 1150. The van der Waals surface area contributed by atoms with Gasteiger partial charge in [-0.25, -0.2) is 9.97 Å². The molecule has 0 bridgehead atoms. The summed E-state index contributed by atoms with van der Waals surface area (Å²) in [5.41, 5.74) is 2.45. The lowest BCUT2D eigenvalue weighted by molar-refractivity contribution is -0.119. The first-order valence-corrected chi connectivity index (χ1v) is 15.2. The van der Waals surface area contributed by atoms with Crippen LogP contribution in [0.5, 0.6) is 0 Å². The van der Waals surface area contributed by atoms with Crippen LogP contribution in [0.4, 0.5) is 0 Å². The lowest BCUT2D eigenvalue weighted by Gasteiger charge is -2.33. The van der Waals surface area contributed by atoms with Gasteiger partial charge in [-0.3, -0.25) is 4.79 Å². The second kappa shape index (κ2) is 12.1. The first kappa shape index (κ1) is 26.5. The van der Waals surface area contributed by atoms with Crippen LogP contribution < -0.4 is 5.32 Å². The Balaban J connectivity index is 1.47. The van der Waals surface area contributed by atoms with Gasteiger partial charge in [-0.1, -0.05) is 67.7 Å². The van der Waals surface area contributed by atoms with Gasteiger partial charge in [0.05, 0.1) is 18.0 Å². The number of hydrogen-bond donors (Lipinski definition) is 1. The maximum atomic E-state index is 12.8. The number of amides is 1. The summed E-state index contributed by atoms with van der Waals surface area (Å²) in [5.74, 6) is 1.39. The molecule has 0 saturated heterocycles. The molecule has 0 saturated carbocycles. The molecule has 1 aromatic carbocycles. The van der Waals surface area contributed by atoms with E-state index in [0.29, 0.717) is 12.4 Å². The number of rotatable bonds is 11. The Morgan fingerprint density at radius 1 is 1.23 bits per heavy atom. The normalized spacial score (nSPS) is 18.4. The highest BCUT2D eigenvalue weighted by Crippen LogP contribution is 2.43. The Labute approximate surface area is 221 Å². The number of nitrogens with one attached hydrogen (secondary N) is 1. The summed E-state index contributed by atoms with van der Waals surface area (Å²) in [6.45, 7) is 9.23. The van der Waals surface area contributed by atoms with Gasteiger partial charge in [0.15, 0.2) is 5.16 Å². The van der Waals surface area contributed by atoms with Crippen LogP contribution in [0.3, 0.4) is 0 Å². The molecule has 1 N–H and O–H groups in total. The third-order valence-electron chi connectivity index (χ3n) is 6.42. The van der Waals surface area contributed by atoms with Gasteiger partial charge in [0.2, 0.25) is 5.91 Å². The molecule has 0 fully saturated rings. The topological polar surface area (TPSA) is 64.1 Å². The van der Waals surface area contributed by atoms with E-state index in [-0.39, 0.29) is 17.6 Å². The summed E-state index contributed by atoms with van der Waals surface area (Å²) in [6, 6.07) is 10.5. The highest BCUT2D eigenvalue weighted by atomic mass is 32.2. The minimum atomic E-state index is -0.163. The zero-order chi connectivity index (χ0) is 24.8. The molecule has 0 radical (unpaired) electrons. The molecule has 35 heavy (non-hydrogen) atoms. The van der Waals surface area contributed by atoms with Crippen LogP contribution in [0.25, 0.3) is 10.2 Å². The van der Waals surface area contributed by atoms with Crippen LogP contribution in [-0.2, 0) is 29.0 Å². The highest BCUT2D eigenvalue weighted by molar-refractivity contribution is 8.00. The van der Waals surface area contributed by atoms with Crippen LogP contribution in [0.15, 0.2) is 40.5 Å². The Morgan fingerprint density at radius 3 is 2.77 bits per heavy atom. The molecular formula is C27H35N3O2S3. The molecule has 4 rings (SSSR count). The number of aromatic nitrogens is 2. The number of thioether (sulfide) groups is 2. The molecule has 1 aliphatic rings. The van der Waals surface area contributed by atoms with E-state index >= 15 is 0 Å². The van der Waals surface area contributed by atoms with Gasteiger partial charge < -0.3 is 10.1 Å². The van der Waals surface area contributed by atoms with Crippen molar-refractivity contribution in [2.24, 2.45) is 0 Å². The van der Waals surface area contributed by atoms with E-state index in [0.717, 1.165) is 58.3 Å². The molecule has 1 aliphatic heterocycles. The largest absolute Gasteiger partial charge is 0.369 e. The molecule has 0 spiro atoms. The van der Waals surface area contributed by atoms with Crippen LogP contribution >= 0.6 is 34.9 Å². The Kier molecular flexibility index (Phi) is 9.13. The number of benzene rings is 1. The third-order valence-corrected chi connectivity index (χ3v) is 9.55. The molecule has 2 atom stereocenters. The van der Waals surface area contributed by atoms with E-state index in [4.69, 9.17) is 14.7 Å².